The monoisotopic (exact) mass is 367 g/mol. The quantitative estimate of drug-likeness (QED) is 0.629. The van der Waals surface area contributed by atoms with Gasteiger partial charge in [0.1, 0.15) is 10.3 Å². The molecule has 1 aromatic heterocycles. The molecule has 0 aliphatic heterocycles. The predicted molar refractivity (Wildman–Crippen MR) is 103 cm³/mol. The molecule has 0 saturated heterocycles. The Morgan fingerprint density at radius 2 is 2.00 bits per heavy atom. The van der Waals surface area contributed by atoms with E-state index in [1.54, 1.807) is 6.07 Å². The summed E-state index contributed by atoms with van der Waals surface area (Å²) in [6.45, 7) is 11.7. The zero-order valence-electron chi connectivity index (χ0n) is 15.1. The van der Waals surface area contributed by atoms with Crippen molar-refractivity contribution in [1.82, 2.24) is 4.72 Å². The van der Waals surface area contributed by atoms with Crippen LogP contribution in [0.5, 0.6) is 0 Å². The topological polar surface area (TPSA) is 65.3 Å². The normalized spacial score (nSPS) is 14.8. The van der Waals surface area contributed by atoms with E-state index < -0.39 is 11.4 Å². The third kappa shape index (κ3) is 4.36. The van der Waals surface area contributed by atoms with Crippen molar-refractivity contribution in [2.45, 2.75) is 57.4 Å². The predicted octanol–water partition coefficient (Wildman–Crippen LogP) is 4.33. The highest BCUT2D eigenvalue weighted by molar-refractivity contribution is 7.99. The van der Waals surface area contributed by atoms with E-state index in [9.17, 15) is 9.35 Å². The minimum atomic E-state index is -1.21. The van der Waals surface area contributed by atoms with Crippen LogP contribution >= 0.6 is 11.8 Å². The smallest absolute Gasteiger partial charge is 0.193 e. The van der Waals surface area contributed by atoms with Crippen molar-refractivity contribution in [3.8, 4) is 0 Å². The SMILES string of the molecule is CCSc1cc(=O)c2cc(C)cc([C@@H](C)N[S@+]([O-])C(C)(C)C)c2o1. The molecule has 6 heteroatoms. The lowest BCUT2D eigenvalue weighted by Crippen LogP contribution is -2.40. The second kappa shape index (κ2) is 7.52. The maximum atomic E-state index is 12.4. The summed E-state index contributed by atoms with van der Waals surface area (Å²) >= 11 is 0.293. The van der Waals surface area contributed by atoms with E-state index >= 15 is 0 Å². The minimum absolute atomic E-state index is 0.0405. The fourth-order valence-electron chi connectivity index (χ4n) is 2.35. The molecule has 0 fully saturated rings. The fourth-order valence-corrected chi connectivity index (χ4v) is 3.77. The van der Waals surface area contributed by atoms with Crippen LogP contribution < -0.4 is 10.2 Å². The van der Waals surface area contributed by atoms with Gasteiger partial charge in [-0.3, -0.25) is 4.79 Å². The van der Waals surface area contributed by atoms with Gasteiger partial charge in [0.25, 0.3) is 0 Å². The third-order valence-electron chi connectivity index (χ3n) is 3.57. The van der Waals surface area contributed by atoms with E-state index in [1.165, 1.54) is 11.8 Å². The molecule has 0 radical (unpaired) electrons. The summed E-state index contributed by atoms with van der Waals surface area (Å²) in [6.07, 6.45) is 0. The summed E-state index contributed by atoms with van der Waals surface area (Å²) < 4.78 is 21.2. The van der Waals surface area contributed by atoms with Crippen LogP contribution in [-0.4, -0.2) is 15.1 Å². The first kappa shape index (κ1) is 19.4. The van der Waals surface area contributed by atoms with Crippen molar-refractivity contribution in [2.75, 3.05) is 5.75 Å². The molecule has 2 aromatic rings. The van der Waals surface area contributed by atoms with Crippen LogP contribution in [0.15, 0.2) is 32.5 Å². The number of thioether (sulfide) groups is 1. The van der Waals surface area contributed by atoms with Crippen molar-refractivity contribution in [3.05, 3.63) is 39.5 Å². The lowest BCUT2D eigenvalue weighted by atomic mass is 10.0. The lowest BCUT2D eigenvalue weighted by molar-refractivity contribution is 0.490. The lowest BCUT2D eigenvalue weighted by Gasteiger charge is -2.27. The average molecular weight is 368 g/mol. The number of hydrogen-bond donors (Lipinski definition) is 1. The van der Waals surface area contributed by atoms with Crippen molar-refractivity contribution in [1.29, 1.82) is 0 Å². The van der Waals surface area contributed by atoms with E-state index in [4.69, 9.17) is 4.42 Å². The zero-order valence-corrected chi connectivity index (χ0v) is 16.7. The number of rotatable bonds is 5. The molecule has 0 unspecified atom stereocenters. The maximum absolute atomic E-state index is 12.4. The van der Waals surface area contributed by atoms with Gasteiger partial charge in [-0.15, -0.1) is 4.72 Å². The number of aryl methyl sites for hydroxylation is 1. The average Bonchev–Trinajstić information content (AvgIpc) is 2.46. The molecule has 1 aromatic carbocycles. The van der Waals surface area contributed by atoms with Crippen LogP contribution in [0.25, 0.3) is 11.0 Å². The Kier molecular flexibility index (Phi) is 6.07. The highest BCUT2D eigenvalue weighted by Gasteiger charge is 2.29. The molecule has 132 valence electrons. The van der Waals surface area contributed by atoms with Gasteiger partial charge in [-0.25, -0.2) is 0 Å². The highest BCUT2D eigenvalue weighted by Crippen LogP contribution is 2.29. The third-order valence-corrected chi connectivity index (χ3v) is 6.03. The van der Waals surface area contributed by atoms with Crippen LogP contribution in [0.3, 0.4) is 0 Å². The van der Waals surface area contributed by atoms with Gasteiger partial charge in [-0.1, -0.05) is 24.8 Å². The molecule has 0 aliphatic rings. The molecule has 0 spiro atoms. The van der Waals surface area contributed by atoms with Gasteiger partial charge in [0.2, 0.25) is 0 Å². The van der Waals surface area contributed by atoms with Crippen LogP contribution in [0.1, 0.15) is 51.8 Å². The summed E-state index contributed by atoms with van der Waals surface area (Å²) in [6, 6.07) is 5.18. The van der Waals surface area contributed by atoms with Crippen molar-refractivity contribution >= 4 is 34.1 Å². The first-order valence-corrected chi connectivity index (χ1v) is 10.2. The molecule has 2 atom stereocenters. The van der Waals surface area contributed by atoms with Gasteiger partial charge >= 0.3 is 0 Å². The van der Waals surface area contributed by atoms with Gasteiger partial charge in [-0.2, -0.15) is 0 Å². The van der Waals surface area contributed by atoms with Crippen molar-refractivity contribution in [2.24, 2.45) is 0 Å². The van der Waals surface area contributed by atoms with E-state index in [-0.39, 0.29) is 16.2 Å². The number of fused-ring (bicyclic) bond motifs is 1. The first-order chi connectivity index (χ1) is 11.1. The standard InChI is InChI=1S/C18H25NO3S2/c1-7-23-16-10-15(20)14-9-11(2)8-13(17(14)22-16)12(3)19-24(21)18(4,5)6/h8-10,12,19H,7H2,1-6H3/t12-,24-/m1/s1. The zero-order chi connectivity index (χ0) is 18.1. The van der Waals surface area contributed by atoms with Crippen molar-refractivity contribution < 1.29 is 8.97 Å². The van der Waals surface area contributed by atoms with E-state index in [2.05, 4.69) is 4.72 Å². The number of nitrogens with one attached hydrogen (secondary N) is 1. The maximum Gasteiger partial charge on any atom is 0.193 e. The van der Waals surface area contributed by atoms with Crippen LogP contribution in [0.2, 0.25) is 0 Å². The minimum Gasteiger partial charge on any atom is -0.598 e. The summed E-state index contributed by atoms with van der Waals surface area (Å²) in [5.41, 5.74) is 2.38. The molecule has 0 amide bonds. The van der Waals surface area contributed by atoms with Crippen LogP contribution in [-0.2, 0) is 11.4 Å². The molecule has 4 nitrogen and oxygen atoms in total. The van der Waals surface area contributed by atoms with Gasteiger partial charge < -0.3 is 8.97 Å². The molecule has 1 N–H and O–H groups in total. The van der Waals surface area contributed by atoms with Gasteiger partial charge in [0.05, 0.1) is 11.4 Å². The summed E-state index contributed by atoms with van der Waals surface area (Å²) in [4.78, 5) is 12.4. The van der Waals surface area contributed by atoms with E-state index in [1.807, 2.05) is 53.7 Å². The second-order valence-corrected chi connectivity index (χ2v) is 10.1. The molecular formula is C18H25NO3S2. The Labute approximate surface area is 150 Å². The first-order valence-electron chi connectivity index (χ1n) is 8.02. The Balaban J connectivity index is 2.54. The summed E-state index contributed by atoms with van der Waals surface area (Å²) in [5, 5.41) is 1.19. The molecule has 0 saturated carbocycles. The molecule has 0 aliphatic carbocycles. The van der Waals surface area contributed by atoms with E-state index in [0.717, 1.165) is 16.9 Å². The van der Waals surface area contributed by atoms with Crippen LogP contribution in [0.4, 0.5) is 0 Å². The Hall–Kier alpha value is -0.950. The molecule has 0 bridgehead atoms. The molecule has 24 heavy (non-hydrogen) atoms. The highest BCUT2D eigenvalue weighted by atomic mass is 32.2. The Bertz CT molecular complexity index is 780. The van der Waals surface area contributed by atoms with Gasteiger partial charge in [0.15, 0.2) is 10.5 Å². The summed E-state index contributed by atoms with van der Waals surface area (Å²) in [7, 11) is 0. The molecular weight excluding hydrogens is 342 g/mol. The molecule has 1 heterocycles. The summed E-state index contributed by atoms with van der Waals surface area (Å²) in [5.74, 6) is 0.831. The Morgan fingerprint density at radius 3 is 2.58 bits per heavy atom. The fraction of sp³-hybridized carbons (Fsp3) is 0.500. The number of hydrogen-bond acceptors (Lipinski definition) is 5. The van der Waals surface area contributed by atoms with Gasteiger partial charge in [-0.05, 0) is 52.0 Å². The van der Waals surface area contributed by atoms with Gasteiger partial charge in [0, 0.05) is 23.0 Å². The van der Waals surface area contributed by atoms with Crippen molar-refractivity contribution in [3.63, 3.8) is 0 Å². The number of benzene rings is 1. The second-order valence-electron chi connectivity index (χ2n) is 6.81. The van der Waals surface area contributed by atoms with E-state index in [0.29, 0.717) is 16.1 Å². The van der Waals surface area contributed by atoms with Crippen LogP contribution in [0, 0.1) is 6.92 Å². The Morgan fingerprint density at radius 1 is 1.33 bits per heavy atom. The molecule has 2 rings (SSSR count). The largest absolute Gasteiger partial charge is 0.598 e.